The second kappa shape index (κ2) is 4.40. The van der Waals surface area contributed by atoms with Crippen LogP contribution in [-0.2, 0) is 0 Å². The van der Waals surface area contributed by atoms with Gasteiger partial charge < -0.3 is 10.2 Å². The summed E-state index contributed by atoms with van der Waals surface area (Å²) in [5.74, 6) is 0. The summed E-state index contributed by atoms with van der Waals surface area (Å²) < 4.78 is 0. The van der Waals surface area contributed by atoms with Crippen LogP contribution in [0, 0.1) is 0 Å². The summed E-state index contributed by atoms with van der Waals surface area (Å²) in [6, 6.07) is 9.33. The van der Waals surface area contributed by atoms with Crippen LogP contribution in [0.1, 0.15) is 37.9 Å². The molecule has 86 valence electrons. The molecule has 0 unspecified atom stereocenters. The maximum Gasteiger partial charge on any atom is 0.113 e. The Labute approximate surface area is 96.2 Å². The van der Waals surface area contributed by atoms with E-state index in [4.69, 9.17) is 0 Å². The highest BCUT2D eigenvalue weighted by molar-refractivity contribution is 5.28. The first-order valence-corrected chi connectivity index (χ1v) is 5.77. The molecule has 2 rings (SSSR count). The molecule has 16 heavy (non-hydrogen) atoms. The van der Waals surface area contributed by atoms with Gasteiger partial charge in [-0.25, -0.2) is 0 Å². The maximum atomic E-state index is 10.4. The van der Waals surface area contributed by atoms with Gasteiger partial charge in [0.1, 0.15) is 11.7 Å². The molecule has 1 aromatic carbocycles. The lowest BCUT2D eigenvalue weighted by Gasteiger charge is -2.31. The lowest BCUT2D eigenvalue weighted by molar-refractivity contribution is -0.0376. The molecule has 0 saturated carbocycles. The molecular weight excluding hydrogens is 200 g/mol. The molecule has 2 atom stereocenters. The van der Waals surface area contributed by atoms with Crippen LogP contribution in [0.2, 0.25) is 0 Å². The second-order valence-corrected chi connectivity index (χ2v) is 4.58. The molecule has 0 heterocycles. The van der Waals surface area contributed by atoms with Crippen molar-refractivity contribution in [1.29, 1.82) is 0 Å². The van der Waals surface area contributed by atoms with Gasteiger partial charge in [-0.3, -0.25) is 0 Å². The van der Waals surface area contributed by atoms with Crippen molar-refractivity contribution in [2.24, 2.45) is 0 Å². The van der Waals surface area contributed by atoms with Crippen LogP contribution in [-0.4, -0.2) is 15.8 Å². The van der Waals surface area contributed by atoms with Crippen molar-refractivity contribution in [1.82, 2.24) is 0 Å². The fourth-order valence-electron chi connectivity index (χ4n) is 2.27. The molecule has 0 bridgehead atoms. The summed E-state index contributed by atoms with van der Waals surface area (Å²) in [5.41, 5.74) is 0.585. The largest absolute Gasteiger partial charge is 0.385 e. The van der Waals surface area contributed by atoms with E-state index in [2.05, 4.69) is 0 Å². The Morgan fingerprint density at radius 2 is 1.94 bits per heavy atom. The topological polar surface area (TPSA) is 40.5 Å². The smallest absolute Gasteiger partial charge is 0.113 e. The van der Waals surface area contributed by atoms with E-state index < -0.39 is 11.7 Å². The van der Waals surface area contributed by atoms with Crippen LogP contribution in [0.3, 0.4) is 0 Å². The monoisotopic (exact) mass is 218 g/mol. The summed E-state index contributed by atoms with van der Waals surface area (Å²) in [6.07, 6.45) is 4.17. The fourth-order valence-corrected chi connectivity index (χ4v) is 2.27. The van der Waals surface area contributed by atoms with Crippen molar-refractivity contribution in [3.63, 3.8) is 0 Å². The molecule has 2 N–H and O–H groups in total. The zero-order chi connectivity index (χ0) is 11.6. The molecule has 0 fully saturated rings. The van der Waals surface area contributed by atoms with E-state index in [0.29, 0.717) is 0 Å². The van der Waals surface area contributed by atoms with Gasteiger partial charge in [-0.2, -0.15) is 0 Å². The highest BCUT2D eigenvalue weighted by atomic mass is 16.3. The van der Waals surface area contributed by atoms with Gasteiger partial charge in [-0.05, 0) is 37.3 Å². The van der Waals surface area contributed by atoms with Crippen molar-refractivity contribution in [2.45, 2.75) is 37.9 Å². The molecular formula is C14H18O2. The summed E-state index contributed by atoms with van der Waals surface area (Å²) in [7, 11) is 0. The Bertz CT molecular complexity index is 379. The van der Waals surface area contributed by atoms with Crippen molar-refractivity contribution in [3.8, 4) is 0 Å². The first-order chi connectivity index (χ1) is 7.62. The van der Waals surface area contributed by atoms with E-state index in [9.17, 15) is 10.2 Å². The van der Waals surface area contributed by atoms with Crippen molar-refractivity contribution in [3.05, 3.63) is 47.5 Å². The molecule has 1 aliphatic rings. The average Bonchev–Trinajstić information content (AvgIpc) is 2.83. The highest BCUT2D eigenvalue weighted by Crippen LogP contribution is 2.37. The molecule has 0 aliphatic heterocycles. The maximum absolute atomic E-state index is 10.4. The SMILES string of the molecule is C[C@](O)(C1=CCCC1)[C@H](O)c1ccccc1. The van der Waals surface area contributed by atoms with E-state index in [1.807, 2.05) is 36.4 Å². The number of hydrogen-bond acceptors (Lipinski definition) is 2. The van der Waals surface area contributed by atoms with Crippen LogP contribution in [0.15, 0.2) is 42.0 Å². The third-order valence-corrected chi connectivity index (χ3v) is 3.34. The lowest BCUT2D eigenvalue weighted by Crippen LogP contribution is -2.34. The highest BCUT2D eigenvalue weighted by Gasteiger charge is 2.35. The van der Waals surface area contributed by atoms with Crippen LogP contribution < -0.4 is 0 Å². The van der Waals surface area contributed by atoms with E-state index in [0.717, 1.165) is 30.4 Å². The molecule has 0 saturated heterocycles. The molecule has 0 spiro atoms. The quantitative estimate of drug-likeness (QED) is 0.765. The molecule has 0 aromatic heterocycles. The Morgan fingerprint density at radius 3 is 2.50 bits per heavy atom. The number of hydrogen-bond donors (Lipinski definition) is 2. The minimum atomic E-state index is -1.14. The molecule has 2 heteroatoms. The zero-order valence-corrected chi connectivity index (χ0v) is 9.56. The predicted molar refractivity (Wildman–Crippen MR) is 64.0 cm³/mol. The zero-order valence-electron chi connectivity index (χ0n) is 9.56. The van der Waals surface area contributed by atoms with Gasteiger partial charge in [0, 0.05) is 0 Å². The lowest BCUT2D eigenvalue weighted by atomic mass is 9.85. The van der Waals surface area contributed by atoms with Gasteiger partial charge >= 0.3 is 0 Å². The first-order valence-electron chi connectivity index (χ1n) is 5.77. The number of benzene rings is 1. The van der Waals surface area contributed by atoms with Gasteiger partial charge in [-0.15, -0.1) is 0 Å². The summed E-state index contributed by atoms with van der Waals surface area (Å²) in [6.45, 7) is 1.70. The predicted octanol–water partition coefficient (Wildman–Crippen LogP) is 2.58. The first kappa shape index (κ1) is 11.4. The van der Waals surface area contributed by atoms with E-state index in [1.54, 1.807) is 6.92 Å². The summed E-state index contributed by atoms with van der Waals surface area (Å²) >= 11 is 0. The van der Waals surface area contributed by atoms with Crippen LogP contribution >= 0.6 is 0 Å². The molecule has 2 nitrogen and oxygen atoms in total. The normalized spacial score (nSPS) is 21.3. The van der Waals surface area contributed by atoms with Crippen LogP contribution in [0.4, 0.5) is 0 Å². The van der Waals surface area contributed by atoms with Crippen molar-refractivity contribution < 1.29 is 10.2 Å². The average molecular weight is 218 g/mol. The third kappa shape index (κ3) is 2.04. The van der Waals surface area contributed by atoms with E-state index in [-0.39, 0.29) is 0 Å². The molecule has 0 radical (unpaired) electrons. The summed E-state index contributed by atoms with van der Waals surface area (Å²) in [4.78, 5) is 0. The number of aliphatic hydroxyl groups is 2. The Morgan fingerprint density at radius 1 is 1.25 bits per heavy atom. The molecule has 1 aromatic rings. The molecule has 1 aliphatic carbocycles. The number of allylic oxidation sites excluding steroid dienone is 1. The molecule has 0 amide bonds. The Kier molecular flexibility index (Phi) is 3.13. The van der Waals surface area contributed by atoms with E-state index >= 15 is 0 Å². The summed E-state index contributed by atoms with van der Waals surface area (Å²) in [5, 5.41) is 20.6. The van der Waals surface area contributed by atoms with Gasteiger partial charge in [-0.1, -0.05) is 36.4 Å². The van der Waals surface area contributed by atoms with Crippen LogP contribution in [0.25, 0.3) is 0 Å². The minimum Gasteiger partial charge on any atom is -0.385 e. The van der Waals surface area contributed by atoms with Crippen molar-refractivity contribution in [2.75, 3.05) is 0 Å². The fraction of sp³-hybridized carbons (Fsp3) is 0.429. The van der Waals surface area contributed by atoms with Gasteiger partial charge in [0.2, 0.25) is 0 Å². The van der Waals surface area contributed by atoms with E-state index in [1.165, 1.54) is 0 Å². The Balaban J connectivity index is 2.23. The minimum absolute atomic E-state index is 0.764. The Hall–Kier alpha value is -1.12. The number of rotatable bonds is 3. The van der Waals surface area contributed by atoms with Crippen LogP contribution in [0.5, 0.6) is 0 Å². The van der Waals surface area contributed by atoms with Gasteiger partial charge in [0.15, 0.2) is 0 Å². The second-order valence-electron chi connectivity index (χ2n) is 4.58. The third-order valence-electron chi connectivity index (χ3n) is 3.34. The number of aliphatic hydroxyl groups excluding tert-OH is 1. The standard InChI is InChI=1S/C14H18O2/c1-14(16,12-9-5-6-10-12)13(15)11-7-3-2-4-8-11/h2-4,7-9,13,15-16H,5-6,10H2,1H3/t13-,14+/m1/s1. The van der Waals surface area contributed by atoms with Gasteiger partial charge in [0.05, 0.1) is 0 Å². The van der Waals surface area contributed by atoms with Gasteiger partial charge in [0.25, 0.3) is 0 Å². The van der Waals surface area contributed by atoms with Crippen molar-refractivity contribution >= 4 is 0 Å².